The van der Waals surface area contributed by atoms with E-state index >= 15 is 0 Å². The topological polar surface area (TPSA) is 156 Å². The van der Waals surface area contributed by atoms with Crippen LogP contribution in [0.5, 0.6) is 0 Å². The Morgan fingerprint density at radius 3 is 1.50 bits per heavy atom. The van der Waals surface area contributed by atoms with Crippen LogP contribution < -0.4 is 6.15 Å². The summed E-state index contributed by atoms with van der Waals surface area (Å²) in [7, 11) is 0. The molecule has 64 valence electrons. The number of carboxylic acids is 1. The number of aliphatic hydroxyl groups excluding tert-OH is 1. The molecule has 7 heteroatoms. The zero-order chi connectivity index (χ0) is 5.15. The molecule has 0 aliphatic heterocycles. The van der Waals surface area contributed by atoms with Crippen LogP contribution in [0.15, 0.2) is 0 Å². The summed E-state index contributed by atoms with van der Waals surface area (Å²) in [5, 5.41) is 15.8. The Morgan fingerprint density at radius 1 is 1.40 bits per heavy atom. The van der Waals surface area contributed by atoms with Gasteiger partial charge in [0.15, 0.2) is 0 Å². The predicted molar refractivity (Wildman–Crippen MR) is 40.1 cm³/mol. The van der Waals surface area contributed by atoms with Crippen LogP contribution in [0.25, 0.3) is 0 Å². The van der Waals surface area contributed by atoms with Crippen molar-refractivity contribution in [3.63, 3.8) is 0 Å². The van der Waals surface area contributed by atoms with Crippen LogP contribution in [0.3, 0.4) is 0 Å². The SMILES string of the molecule is CC(O)C(=O)O.N.O.O.[CaH2]. The molecule has 0 fully saturated rings. The number of hydrogen-bond donors (Lipinski definition) is 3. The predicted octanol–water partition coefficient (Wildman–Crippen LogP) is -2.95. The Kier molecular flexibility index (Phi) is 50.8. The normalized spacial score (nSPS) is 8.20. The van der Waals surface area contributed by atoms with Crippen molar-refractivity contribution in [3.05, 3.63) is 0 Å². The van der Waals surface area contributed by atoms with Gasteiger partial charge in [-0.05, 0) is 6.92 Å². The number of rotatable bonds is 1. The van der Waals surface area contributed by atoms with E-state index in [9.17, 15) is 4.79 Å². The van der Waals surface area contributed by atoms with Crippen LogP contribution >= 0.6 is 0 Å². The number of aliphatic carboxylic acids is 1. The van der Waals surface area contributed by atoms with Crippen LogP contribution in [0.4, 0.5) is 0 Å². The molecule has 10 heavy (non-hydrogen) atoms. The standard InChI is InChI=1S/C3H6O3.Ca.H3N.2H2O.2H/c1-2(4)3(5)6;;;;;;/h2,4H,1H3,(H,5,6);;1H3;2*1H2;;. The number of carboxylic acid groups (broad SMARTS) is 1. The molecular weight excluding hydrogens is 170 g/mol. The second kappa shape index (κ2) is 16.3. The molecule has 0 aliphatic carbocycles. The van der Waals surface area contributed by atoms with E-state index in [1.54, 1.807) is 0 Å². The minimum atomic E-state index is -1.23. The van der Waals surface area contributed by atoms with Gasteiger partial charge >= 0.3 is 43.7 Å². The number of carbonyl (C=O) groups is 1. The van der Waals surface area contributed by atoms with Crippen LogP contribution in [0.1, 0.15) is 6.92 Å². The Balaban J connectivity index is -0.0000000208. The molecule has 0 aromatic rings. The summed E-state index contributed by atoms with van der Waals surface area (Å²) in [6, 6.07) is 0. The molecule has 0 rings (SSSR count). The molecule has 0 saturated carbocycles. The van der Waals surface area contributed by atoms with Gasteiger partial charge in [-0.3, -0.25) is 0 Å². The molecule has 0 aromatic carbocycles. The van der Waals surface area contributed by atoms with E-state index in [0.717, 1.165) is 0 Å². The molecule has 6 nitrogen and oxygen atoms in total. The van der Waals surface area contributed by atoms with Crippen LogP contribution in [-0.2, 0) is 4.79 Å². The van der Waals surface area contributed by atoms with Crippen molar-refractivity contribution in [2.45, 2.75) is 13.0 Å². The van der Waals surface area contributed by atoms with Crippen LogP contribution in [0, 0.1) is 0 Å². The van der Waals surface area contributed by atoms with Crippen molar-refractivity contribution in [2.75, 3.05) is 0 Å². The van der Waals surface area contributed by atoms with E-state index in [0.29, 0.717) is 0 Å². The maximum absolute atomic E-state index is 9.45. The Bertz CT molecular complexity index is 67.9. The average Bonchev–Trinajstić information content (AvgIpc) is 1.36. The Morgan fingerprint density at radius 2 is 1.50 bits per heavy atom. The second-order valence-corrected chi connectivity index (χ2v) is 1.01. The van der Waals surface area contributed by atoms with Gasteiger partial charge in [0.05, 0.1) is 0 Å². The summed E-state index contributed by atoms with van der Waals surface area (Å²) < 4.78 is 0. The van der Waals surface area contributed by atoms with Crippen molar-refractivity contribution in [1.29, 1.82) is 0 Å². The summed E-state index contributed by atoms with van der Waals surface area (Å²) in [6.07, 6.45) is -1.23. The third-order valence-corrected chi connectivity index (χ3v) is 0.357. The molecule has 1 atom stereocenters. The zero-order valence-corrected chi connectivity index (χ0v) is 5.09. The van der Waals surface area contributed by atoms with Crippen molar-refractivity contribution >= 4 is 43.7 Å². The molecule has 0 aliphatic rings. The van der Waals surface area contributed by atoms with Gasteiger partial charge in [-0.25, -0.2) is 4.79 Å². The van der Waals surface area contributed by atoms with E-state index in [2.05, 4.69) is 0 Å². The van der Waals surface area contributed by atoms with E-state index < -0.39 is 12.1 Å². The molecule has 0 radical (unpaired) electrons. The first kappa shape index (κ1) is 31.2. The fraction of sp³-hybridized carbons (Fsp3) is 0.667. The first-order valence-corrected chi connectivity index (χ1v) is 1.55. The maximum atomic E-state index is 9.45. The summed E-state index contributed by atoms with van der Waals surface area (Å²) in [4.78, 5) is 9.45. The first-order chi connectivity index (χ1) is 2.64. The first-order valence-electron chi connectivity index (χ1n) is 1.55. The van der Waals surface area contributed by atoms with E-state index in [-0.39, 0.29) is 54.8 Å². The average molecular weight is 185 g/mol. The molecule has 1 unspecified atom stereocenters. The fourth-order valence-corrected chi connectivity index (χ4v) is 0. The third kappa shape index (κ3) is 23.5. The van der Waals surface area contributed by atoms with Crippen molar-refractivity contribution in [1.82, 2.24) is 6.15 Å². The Labute approximate surface area is 88.4 Å². The summed E-state index contributed by atoms with van der Waals surface area (Å²) in [5.41, 5.74) is 0. The van der Waals surface area contributed by atoms with Gasteiger partial charge in [-0.15, -0.1) is 0 Å². The second-order valence-electron chi connectivity index (χ2n) is 1.01. The molecular formula is C3H15CaNO5. The van der Waals surface area contributed by atoms with Gasteiger partial charge in [0.1, 0.15) is 6.10 Å². The zero-order valence-electron chi connectivity index (χ0n) is 5.09. The number of hydrogen-bond acceptors (Lipinski definition) is 3. The Hall–Kier alpha value is 0.570. The van der Waals surface area contributed by atoms with Gasteiger partial charge in [-0.2, -0.15) is 0 Å². The monoisotopic (exact) mass is 185 g/mol. The minimum absolute atomic E-state index is 0. The van der Waals surface area contributed by atoms with Crippen molar-refractivity contribution in [2.24, 2.45) is 0 Å². The van der Waals surface area contributed by atoms with Gasteiger partial charge in [0.25, 0.3) is 0 Å². The van der Waals surface area contributed by atoms with Gasteiger partial charge in [-0.1, -0.05) is 0 Å². The summed E-state index contributed by atoms with van der Waals surface area (Å²) in [6.45, 7) is 1.20. The van der Waals surface area contributed by atoms with Gasteiger partial charge < -0.3 is 27.3 Å². The van der Waals surface area contributed by atoms with Gasteiger partial charge in [0.2, 0.25) is 0 Å². The quantitative estimate of drug-likeness (QED) is 0.373. The van der Waals surface area contributed by atoms with E-state index in [1.165, 1.54) is 6.92 Å². The molecule has 0 saturated heterocycles. The molecule has 0 amide bonds. The molecule has 0 bridgehead atoms. The third-order valence-electron chi connectivity index (χ3n) is 0.357. The molecule has 0 spiro atoms. The van der Waals surface area contributed by atoms with Crippen molar-refractivity contribution < 1.29 is 26.0 Å². The van der Waals surface area contributed by atoms with E-state index in [1.807, 2.05) is 0 Å². The summed E-state index contributed by atoms with van der Waals surface area (Å²) >= 11 is 0. The van der Waals surface area contributed by atoms with Crippen LogP contribution in [-0.4, -0.2) is 71.0 Å². The molecule has 0 aromatic heterocycles. The van der Waals surface area contributed by atoms with Crippen molar-refractivity contribution in [3.8, 4) is 0 Å². The molecule has 0 heterocycles. The van der Waals surface area contributed by atoms with E-state index in [4.69, 9.17) is 10.2 Å². The summed E-state index contributed by atoms with van der Waals surface area (Å²) in [5.74, 6) is -1.19. The molecule has 9 N–H and O–H groups in total. The van der Waals surface area contributed by atoms with Gasteiger partial charge in [0, 0.05) is 0 Å². The fourth-order valence-electron chi connectivity index (χ4n) is 0. The van der Waals surface area contributed by atoms with Crippen LogP contribution in [0.2, 0.25) is 0 Å². The number of aliphatic hydroxyl groups is 1.